The number of aryl methyl sites for hydroxylation is 1. The highest BCUT2D eigenvalue weighted by atomic mass is 35.5. The van der Waals surface area contributed by atoms with Gasteiger partial charge >= 0.3 is 0 Å². The molecule has 2 rings (SSSR count). The van der Waals surface area contributed by atoms with Crippen molar-refractivity contribution in [3.8, 4) is 0 Å². The second-order valence-electron chi connectivity index (χ2n) is 3.57. The standard InChI is InChI=1S/C10H13ClN2/c11-8-4-6-2-1-3-9(12)7(6)5-10(8)13/h4-5,9H,1-3,12-13H2. The van der Waals surface area contributed by atoms with Gasteiger partial charge in [-0.2, -0.15) is 0 Å². The number of rotatable bonds is 0. The Balaban J connectivity index is 2.52. The van der Waals surface area contributed by atoms with Crippen LogP contribution in [0.4, 0.5) is 5.69 Å². The van der Waals surface area contributed by atoms with Gasteiger partial charge in [-0.05, 0) is 42.5 Å². The highest BCUT2D eigenvalue weighted by Crippen LogP contribution is 2.33. The van der Waals surface area contributed by atoms with Crippen molar-refractivity contribution in [1.82, 2.24) is 0 Å². The Kier molecular flexibility index (Phi) is 2.18. The number of nitrogen functional groups attached to an aromatic ring is 1. The van der Waals surface area contributed by atoms with Crippen LogP contribution in [0.1, 0.15) is 30.0 Å². The van der Waals surface area contributed by atoms with E-state index in [9.17, 15) is 0 Å². The Morgan fingerprint density at radius 1 is 1.38 bits per heavy atom. The summed E-state index contributed by atoms with van der Waals surface area (Å²) in [4.78, 5) is 0. The number of hydrogen-bond acceptors (Lipinski definition) is 2. The molecule has 0 amide bonds. The van der Waals surface area contributed by atoms with E-state index in [0.29, 0.717) is 10.7 Å². The third kappa shape index (κ3) is 1.52. The van der Waals surface area contributed by atoms with Crippen molar-refractivity contribution in [3.05, 3.63) is 28.3 Å². The Labute approximate surface area is 82.9 Å². The molecule has 2 nitrogen and oxygen atoms in total. The lowest BCUT2D eigenvalue weighted by Gasteiger charge is -2.22. The zero-order valence-corrected chi connectivity index (χ0v) is 8.14. The topological polar surface area (TPSA) is 52.0 Å². The quantitative estimate of drug-likeness (QED) is 0.626. The highest BCUT2D eigenvalue weighted by Gasteiger charge is 2.17. The first-order valence-corrected chi connectivity index (χ1v) is 4.89. The zero-order chi connectivity index (χ0) is 9.42. The second-order valence-corrected chi connectivity index (χ2v) is 3.98. The van der Waals surface area contributed by atoms with E-state index >= 15 is 0 Å². The SMILES string of the molecule is Nc1cc2c(cc1Cl)CCCC2N. The molecule has 1 atom stereocenters. The summed E-state index contributed by atoms with van der Waals surface area (Å²) in [7, 11) is 0. The monoisotopic (exact) mass is 196 g/mol. The molecule has 0 radical (unpaired) electrons. The molecule has 70 valence electrons. The van der Waals surface area contributed by atoms with Crippen LogP contribution in [0.2, 0.25) is 5.02 Å². The van der Waals surface area contributed by atoms with E-state index in [-0.39, 0.29) is 6.04 Å². The molecular weight excluding hydrogens is 184 g/mol. The molecule has 3 heteroatoms. The number of anilines is 1. The number of hydrogen-bond donors (Lipinski definition) is 2. The Morgan fingerprint density at radius 2 is 2.15 bits per heavy atom. The summed E-state index contributed by atoms with van der Waals surface area (Å²) in [6, 6.07) is 4.01. The lowest BCUT2D eigenvalue weighted by Crippen LogP contribution is -2.17. The first-order chi connectivity index (χ1) is 6.18. The van der Waals surface area contributed by atoms with Crippen LogP contribution >= 0.6 is 11.6 Å². The molecule has 1 aliphatic rings. The fourth-order valence-electron chi connectivity index (χ4n) is 1.88. The minimum atomic E-state index is 0.142. The van der Waals surface area contributed by atoms with Gasteiger partial charge in [0.1, 0.15) is 0 Å². The predicted octanol–water partition coefficient (Wildman–Crippen LogP) is 2.26. The van der Waals surface area contributed by atoms with E-state index in [0.717, 1.165) is 19.3 Å². The molecule has 1 aromatic rings. The molecule has 1 aromatic carbocycles. The van der Waals surface area contributed by atoms with E-state index < -0.39 is 0 Å². The van der Waals surface area contributed by atoms with Gasteiger partial charge in [0.25, 0.3) is 0 Å². The minimum absolute atomic E-state index is 0.142. The van der Waals surface area contributed by atoms with Crippen LogP contribution in [-0.4, -0.2) is 0 Å². The summed E-state index contributed by atoms with van der Waals surface area (Å²) in [6.07, 6.45) is 3.27. The summed E-state index contributed by atoms with van der Waals surface area (Å²) in [6.45, 7) is 0. The Hall–Kier alpha value is -0.730. The van der Waals surface area contributed by atoms with Gasteiger partial charge in [-0.15, -0.1) is 0 Å². The van der Waals surface area contributed by atoms with Crippen LogP contribution in [-0.2, 0) is 6.42 Å². The van der Waals surface area contributed by atoms with Crippen molar-refractivity contribution in [2.24, 2.45) is 5.73 Å². The van der Waals surface area contributed by atoms with Crippen LogP contribution in [0.5, 0.6) is 0 Å². The average molecular weight is 197 g/mol. The Morgan fingerprint density at radius 3 is 2.92 bits per heavy atom. The lowest BCUT2D eigenvalue weighted by atomic mass is 9.88. The minimum Gasteiger partial charge on any atom is -0.398 e. The molecule has 0 aliphatic heterocycles. The highest BCUT2D eigenvalue weighted by molar-refractivity contribution is 6.33. The van der Waals surface area contributed by atoms with Crippen LogP contribution in [0.15, 0.2) is 12.1 Å². The van der Waals surface area contributed by atoms with Crippen molar-refractivity contribution in [2.45, 2.75) is 25.3 Å². The van der Waals surface area contributed by atoms with Crippen LogP contribution in [0.25, 0.3) is 0 Å². The normalized spacial score (nSPS) is 21.2. The van der Waals surface area contributed by atoms with E-state index in [2.05, 4.69) is 0 Å². The van der Waals surface area contributed by atoms with Gasteiger partial charge in [0.05, 0.1) is 10.7 Å². The molecule has 0 aromatic heterocycles. The molecule has 0 heterocycles. The van der Waals surface area contributed by atoms with Gasteiger partial charge in [-0.25, -0.2) is 0 Å². The van der Waals surface area contributed by atoms with Crippen molar-refractivity contribution < 1.29 is 0 Å². The summed E-state index contributed by atoms with van der Waals surface area (Å²) >= 11 is 5.93. The van der Waals surface area contributed by atoms with E-state index in [1.165, 1.54) is 11.1 Å². The second kappa shape index (κ2) is 3.20. The third-order valence-corrected chi connectivity index (χ3v) is 2.95. The van der Waals surface area contributed by atoms with Gasteiger partial charge in [0, 0.05) is 6.04 Å². The van der Waals surface area contributed by atoms with Crippen molar-refractivity contribution >= 4 is 17.3 Å². The molecule has 0 bridgehead atoms. The van der Waals surface area contributed by atoms with Crippen LogP contribution in [0.3, 0.4) is 0 Å². The summed E-state index contributed by atoms with van der Waals surface area (Å²) in [5, 5.41) is 0.646. The largest absolute Gasteiger partial charge is 0.398 e. The van der Waals surface area contributed by atoms with Gasteiger partial charge in [-0.1, -0.05) is 11.6 Å². The lowest BCUT2D eigenvalue weighted by molar-refractivity contribution is 0.571. The number of fused-ring (bicyclic) bond motifs is 1. The molecule has 1 unspecified atom stereocenters. The van der Waals surface area contributed by atoms with E-state index in [1.807, 2.05) is 12.1 Å². The maximum atomic E-state index is 5.97. The first-order valence-electron chi connectivity index (χ1n) is 4.52. The molecule has 1 aliphatic carbocycles. The molecule has 0 spiro atoms. The number of halogens is 1. The van der Waals surface area contributed by atoms with Gasteiger partial charge < -0.3 is 11.5 Å². The third-order valence-electron chi connectivity index (χ3n) is 2.62. The van der Waals surface area contributed by atoms with Crippen LogP contribution in [0, 0.1) is 0 Å². The first kappa shape index (κ1) is 8.85. The van der Waals surface area contributed by atoms with E-state index in [4.69, 9.17) is 23.1 Å². The zero-order valence-electron chi connectivity index (χ0n) is 7.39. The molecule has 13 heavy (non-hydrogen) atoms. The van der Waals surface area contributed by atoms with Crippen molar-refractivity contribution in [1.29, 1.82) is 0 Å². The molecular formula is C10H13ClN2. The van der Waals surface area contributed by atoms with Crippen molar-refractivity contribution in [2.75, 3.05) is 5.73 Å². The van der Waals surface area contributed by atoms with Crippen LogP contribution < -0.4 is 11.5 Å². The van der Waals surface area contributed by atoms with Gasteiger partial charge in [0.2, 0.25) is 0 Å². The Bertz CT molecular complexity index is 336. The maximum absolute atomic E-state index is 5.97. The maximum Gasteiger partial charge on any atom is 0.0638 e. The number of benzene rings is 1. The number of nitrogens with two attached hydrogens (primary N) is 2. The predicted molar refractivity (Wildman–Crippen MR) is 55.7 cm³/mol. The summed E-state index contributed by atoms with van der Waals surface area (Å²) in [5.74, 6) is 0. The molecule has 0 saturated carbocycles. The molecule has 4 N–H and O–H groups in total. The van der Waals surface area contributed by atoms with Gasteiger partial charge in [0.15, 0.2) is 0 Å². The molecule has 0 fully saturated rings. The van der Waals surface area contributed by atoms with E-state index in [1.54, 1.807) is 0 Å². The summed E-state index contributed by atoms with van der Waals surface area (Å²) < 4.78 is 0. The summed E-state index contributed by atoms with van der Waals surface area (Å²) in [5.41, 5.74) is 14.8. The average Bonchev–Trinajstić information content (AvgIpc) is 2.09. The fraction of sp³-hybridized carbons (Fsp3) is 0.400. The van der Waals surface area contributed by atoms with Crippen molar-refractivity contribution in [3.63, 3.8) is 0 Å². The van der Waals surface area contributed by atoms with Gasteiger partial charge in [-0.3, -0.25) is 0 Å². The fourth-order valence-corrected chi connectivity index (χ4v) is 2.06. The smallest absolute Gasteiger partial charge is 0.0638 e. The molecule has 0 saturated heterocycles.